The molecule has 0 aromatic heterocycles. The molecule has 2 N–H and O–H groups in total. The molecular weight excluding hydrogens is 543 g/mol. The highest BCUT2D eigenvalue weighted by Crippen LogP contribution is 2.39. The van der Waals surface area contributed by atoms with Gasteiger partial charge in [-0.3, -0.25) is 9.59 Å². The van der Waals surface area contributed by atoms with Gasteiger partial charge in [-0.25, -0.2) is 4.39 Å². The monoisotopic (exact) mass is 584 g/mol. The van der Waals surface area contributed by atoms with Crippen LogP contribution in [-0.2, 0) is 9.53 Å². The second-order valence-electron chi connectivity index (χ2n) is 12.1. The van der Waals surface area contributed by atoms with E-state index in [1.165, 1.54) is 24.5 Å². The highest BCUT2D eigenvalue weighted by molar-refractivity contribution is 5.98. The van der Waals surface area contributed by atoms with Gasteiger partial charge in [0.05, 0.1) is 30.2 Å². The van der Waals surface area contributed by atoms with Crippen molar-refractivity contribution in [3.63, 3.8) is 0 Å². The van der Waals surface area contributed by atoms with Crippen LogP contribution in [0.2, 0.25) is 0 Å². The lowest BCUT2D eigenvalue weighted by molar-refractivity contribution is -0.123. The lowest BCUT2D eigenvalue weighted by Gasteiger charge is -2.41. The highest BCUT2D eigenvalue weighted by atomic mass is 19.1. The van der Waals surface area contributed by atoms with Crippen molar-refractivity contribution in [2.24, 2.45) is 5.92 Å². The van der Waals surface area contributed by atoms with Crippen LogP contribution >= 0.6 is 0 Å². The lowest BCUT2D eigenvalue weighted by atomic mass is 9.83. The van der Waals surface area contributed by atoms with Crippen molar-refractivity contribution in [1.29, 1.82) is 0 Å². The van der Waals surface area contributed by atoms with Gasteiger partial charge in [0.1, 0.15) is 5.82 Å². The Morgan fingerprint density at radius 3 is 2.37 bits per heavy atom. The number of benzene rings is 3. The minimum Gasteiger partial charge on any atom is -0.380 e. The Balaban J connectivity index is 1.30. The van der Waals surface area contributed by atoms with Crippen molar-refractivity contribution in [3.05, 3.63) is 88.7 Å². The molecule has 3 atom stereocenters. The number of nitrogens with one attached hydrogen (secondary N) is 2. The summed E-state index contributed by atoms with van der Waals surface area (Å²) in [6, 6.07) is 18.5. The molecule has 3 heterocycles. The molecule has 8 heteroatoms. The molecule has 2 amide bonds. The van der Waals surface area contributed by atoms with Crippen LogP contribution in [0.15, 0.2) is 60.7 Å². The summed E-state index contributed by atoms with van der Waals surface area (Å²) in [6.07, 6.45) is 4.58. The smallest absolute Gasteiger partial charge is 0.257 e. The minimum atomic E-state index is -0.539. The van der Waals surface area contributed by atoms with E-state index in [1.54, 1.807) is 24.0 Å². The summed E-state index contributed by atoms with van der Waals surface area (Å²) in [6.45, 7) is 7.77. The number of aryl methyl sites for hydroxylation is 2. The van der Waals surface area contributed by atoms with E-state index in [2.05, 4.69) is 34.6 Å². The molecule has 3 aliphatic rings. The number of carbonyl (C=O) groups is 2. The van der Waals surface area contributed by atoms with Gasteiger partial charge in [0, 0.05) is 43.3 Å². The van der Waals surface area contributed by atoms with Gasteiger partial charge in [-0.15, -0.1) is 0 Å². The van der Waals surface area contributed by atoms with Gasteiger partial charge in [-0.1, -0.05) is 30.3 Å². The van der Waals surface area contributed by atoms with Crippen molar-refractivity contribution < 1.29 is 18.7 Å². The third-order valence-corrected chi connectivity index (χ3v) is 9.14. The molecule has 3 aromatic carbocycles. The average Bonchev–Trinajstić information content (AvgIpc) is 3.73. The molecule has 7 nitrogen and oxygen atoms in total. The first-order chi connectivity index (χ1) is 20.9. The molecule has 3 fully saturated rings. The molecule has 0 saturated carbocycles. The Kier molecular flexibility index (Phi) is 8.66. The second kappa shape index (κ2) is 12.8. The molecule has 6 rings (SSSR count). The normalized spacial score (nSPS) is 22.1. The average molecular weight is 585 g/mol. The van der Waals surface area contributed by atoms with E-state index < -0.39 is 17.8 Å². The second-order valence-corrected chi connectivity index (χ2v) is 12.1. The summed E-state index contributed by atoms with van der Waals surface area (Å²) >= 11 is 0. The van der Waals surface area contributed by atoms with Crippen LogP contribution < -0.4 is 15.5 Å². The number of hydrogen-bond acceptors (Lipinski definition) is 5. The standard InChI is InChI=1S/C35H41FN4O3/c1-23-10-13-27(21-31(23)39-17-3-4-18-39)38-34(41)29-8-6-19-40(35(42)32-24(2)7-5-9-30(32)36)33(29)25-11-14-26(15-12-25)37-28-16-20-43-22-28/h5,7,9-15,21,28-29,33,37H,3-4,6,8,16-20,22H2,1-2H3,(H,38,41)/t28?,29-,33?/m0/s1. The molecule has 2 unspecified atom stereocenters. The number of halogens is 1. The number of hydrogen-bond donors (Lipinski definition) is 2. The quantitative estimate of drug-likeness (QED) is 0.333. The highest BCUT2D eigenvalue weighted by Gasteiger charge is 2.40. The Morgan fingerprint density at radius 2 is 1.65 bits per heavy atom. The fraction of sp³-hybridized carbons (Fsp3) is 0.429. The summed E-state index contributed by atoms with van der Waals surface area (Å²) in [5, 5.41) is 6.69. The summed E-state index contributed by atoms with van der Waals surface area (Å²) in [5.41, 5.74) is 5.57. The van der Waals surface area contributed by atoms with Crippen LogP contribution in [0.5, 0.6) is 0 Å². The zero-order valence-corrected chi connectivity index (χ0v) is 25.1. The number of piperidine rings is 1. The topological polar surface area (TPSA) is 73.9 Å². The van der Waals surface area contributed by atoms with Crippen molar-refractivity contribution in [2.45, 2.75) is 58.0 Å². The molecule has 0 aliphatic carbocycles. The van der Waals surface area contributed by atoms with Crippen LogP contribution in [0.25, 0.3) is 0 Å². The number of amides is 2. The SMILES string of the molecule is Cc1ccc(NC(=O)[C@H]2CCCN(C(=O)c3c(C)cccc3F)C2c2ccc(NC3CCOC3)cc2)cc1N1CCCC1. The fourth-order valence-electron chi connectivity index (χ4n) is 6.84. The molecule has 3 aromatic rings. The molecule has 226 valence electrons. The van der Waals surface area contributed by atoms with Gasteiger partial charge in [-0.2, -0.15) is 0 Å². The number of rotatable bonds is 7. The maximum absolute atomic E-state index is 15.0. The van der Waals surface area contributed by atoms with Crippen molar-refractivity contribution in [2.75, 3.05) is 48.4 Å². The first-order valence-corrected chi connectivity index (χ1v) is 15.6. The molecule has 0 spiro atoms. The van der Waals surface area contributed by atoms with Gasteiger partial charge in [-0.05, 0) is 93.0 Å². The van der Waals surface area contributed by atoms with E-state index in [4.69, 9.17) is 4.74 Å². The van der Waals surface area contributed by atoms with Gasteiger partial charge < -0.3 is 25.2 Å². The van der Waals surface area contributed by atoms with Crippen LogP contribution in [0.1, 0.15) is 65.2 Å². The molecule has 0 bridgehead atoms. The first-order valence-electron chi connectivity index (χ1n) is 15.6. The van der Waals surface area contributed by atoms with Gasteiger partial charge in [0.25, 0.3) is 5.91 Å². The van der Waals surface area contributed by atoms with Crippen LogP contribution in [0.4, 0.5) is 21.5 Å². The van der Waals surface area contributed by atoms with Gasteiger partial charge >= 0.3 is 0 Å². The number of nitrogens with zero attached hydrogens (tertiary/aromatic N) is 2. The van der Waals surface area contributed by atoms with Crippen molar-refractivity contribution >= 4 is 28.9 Å². The molecular formula is C35H41FN4O3. The van der Waals surface area contributed by atoms with E-state index in [0.29, 0.717) is 31.6 Å². The zero-order valence-electron chi connectivity index (χ0n) is 25.1. The minimum absolute atomic E-state index is 0.0712. The largest absolute Gasteiger partial charge is 0.380 e. The fourth-order valence-corrected chi connectivity index (χ4v) is 6.84. The molecule has 3 aliphatic heterocycles. The predicted octanol–water partition coefficient (Wildman–Crippen LogP) is 6.48. The Hall–Kier alpha value is -3.91. The van der Waals surface area contributed by atoms with Crippen molar-refractivity contribution in [3.8, 4) is 0 Å². The predicted molar refractivity (Wildman–Crippen MR) is 168 cm³/mol. The van der Waals surface area contributed by atoms with E-state index in [-0.39, 0.29) is 23.4 Å². The van der Waals surface area contributed by atoms with Crippen LogP contribution in [-0.4, -0.2) is 55.6 Å². The maximum Gasteiger partial charge on any atom is 0.257 e. The van der Waals surface area contributed by atoms with E-state index in [0.717, 1.165) is 48.7 Å². The third kappa shape index (κ3) is 6.25. The first kappa shape index (κ1) is 29.2. The zero-order chi connectivity index (χ0) is 29.9. The van der Waals surface area contributed by atoms with Crippen LogP contribution in [0, 0.1) is 25.6 Å². The maximum atomic E-state index is 15.0. The number of anilines is 3. The van der Waals surface area contributed by atoms with E-state index in [1.807, 2.05) is 30.3 Å². The molecule has 43 heavy (non-hydrogen) atoms. The van der Waals surface area contributed by atoms with E-state index >= 15 is 4.39 Å². The summed E-state index contributed by atoms with van der Waals surface area (Å²) in [4.78, 5) is 32.1. The van der Waals surface area contributed by atoms with Crippen molar-refractivity contribution in [1.82, 2.24) is 4.90 Å². The number of ether oxygens (including phenoxy) is 1. The third-order valence-electron chi connectivity index (χ3n) is 9.14. The molecule has 0 radical (unpaired) electrons. The summed E-state index contributed by atoms with van der Waals surface area (Å²) in [7, 11) is 0. The Bertz CT molecular complexity index is 1440. The number of likely N-dealkylation sites (tertiary alicyclic amines) is 1. The Morgan fingerprint density at radius 1 is 0.884 bits per heavy atom. The number of carbonyl (C=O) groups excluding carboxylic acids is 2. The Labute approximate surface area is 253 Å². The van der Waals surface area contributed by atoms with Gasteiger partial charge in [0.15, 0.2) is 0 Å². The summed E-state index contributed by atoms with van der Waals surface area (Å²) < 4.78 is 20.5. The van der Waals surface area contributed by atoms with Crippen LogP contribution in [0.3, 0.4) is 0 Å². The van der Waals surface area contributed by atoms with Gasteiger partial charge in [0.2, 0.25) is 5.91 Å². The summed E-state index contributed by atoms with van der Waals surface area (Å²) in [5.74, 6) is -1.55. The molecule has 3 saturated heterocycles. The lowest BCUT2D eigenvalue weighted by Crippen LogP contribution is -2.46. The van der Waals surface area contributed by atoms with E-state index in [9.17, 15) is 9.59 Å².